The number of nitrogens with zero attached hydrogens (tertiary/aromatic N) is 2. The van der Waals surface area contributed by atoms with Crippen LogP contribution in [0.5, 0.6) is 0 Å². The highest BCUT2D eigenvalue weighted by Gasteiger charge is 2.43. The second-order valence-electron chi connectivity index (χ2n) is 7.13. The van der Waals surface area contributed by atoms with Crippen molar-refractivity contribution in [3.63, 3.8) is 0 Å². The number of hydrogen-bond donors (Lipinski definition) is 0. The number of hydrogen-bond acceptors (Lipinski definition) is 6. The molecule has 6 nitrogen and oxygen atoms in total. The molecule has 2 amide bonds. The summed E-state index contributed by atoms with van der Waals surface area (Å²) in [7, 11) is 0. The van der Waals surface area contributed by atoms with E-state index in [-0.39, 0.29) is 15.1 Å². The van der Waals surface area contributed by atoms with Crippen LogP contribution in [0.3, 0.4) is 0 Å². The molecule has 154 valence electrons. The Hall–Kier alpha value is -2.19. The van der Waals surface area contributed by atoms with E-state index < -0.39 is 17.9 Å². The lowest BCUT2D eigenvalue weighted by molar-refractivity contribution is -0.309. The van der Waals surface area contributed by atoms with Crippen LogP contribution >= 0.6 is 24.0 Å². The van der Waals surface area contributed by atoms with Crippen LogP contribution < -0.4 is 10.0 Å². The molecule has 2 aliphatic heterocycles. The van der Waals surface area contributed by atoms with Crippen molar-refractivity contribution in [1.29, 1.82) is 0 Å². The smallest absolute Gasteiger partial charge is 0.267 e. The summed E-state index contributed by atoms with van der Waals surface area (Å²) in [6, 6.07) is 6.18. The molecule has 0 N–H and O–H groups in total. The van der Waals surface area contributed by atoms with Crippen LogP contribution in [0.25, 0.3) is 5.57 Å². The van der Waals surface area contributed by atoms with Gasteiger partial charge in [-0.3, -0.25) is 14.5 Å². The molecule has 0 spiro atoms. The summed E-state index contributed by atoms with van der Waals surface area (Å²) in [4.78, 5) is 40.4. The Morgan fingerprint density at radius 2 is 1.83 bits per heavy atom. The van der Waals surface area contributed by atoms with Gasteiger partial charge in [-0.25, -0.2) is 0 Å². The largest absolute Gasteiger partial charge is 0.548 e. The zero-order valence-electron chi connectivity index (χ0n) is 16.5. The zero-order chi connectivity index (χ0) is 21.1. The molecule has 2 heterocycles. The number of carbonyl (C=O) groups is 3. The van der Waals surface area contributed by atoms with Gasteiger partial charge in [-0.2, -0.15) is 0 Å². The number of carbonyl (C=O) groups excluding carboxylic acids is 3. The van der Waals surface area contributed by atoms with Crippen molar-refractivity contribution in [2.45, 2.75) is 52.0 Å². The summed E-state index contributed by atoms with van der Waals surface area (Å²) >= 11 is 6.20. The van der Waals surface area contributed by atoms with E-state index in [1.165, 1.54) is 13.3 Å². The van der Waals surface area contributed by atoms with E-state index in [9.17, 15) is 19.5 Å². The molecule has 3 rings (SSSR count). The number of para-hydroxylation sites is 1. The number of thioether (sulfide) groups is 1. The van der Waals surface area contributed by atoms with Crippen LogP contribution in [0.4, 0.5) is 5.69 Å². The van der Waals surface area contributed by atoms with Crippen LogP contribution in [0, 0.1) is 0 Å². The predicted octanol–water partition coefficient (Wildman–Crippen LogP) is 2.71. The fourth-order valence-corrected chi connectivity index (χ4v) is 5.05. The lowest BCUT2D eigenvalue weighted by Gasteiger charge is -2.23. The zero-order valence-corrected chi connectivity index (χ0v) is 18.1. The van der Waals surface area contributed by atoms with E-state index in [2.05, 4.69) is 6.92 Å². The predicted molar refractivity (Wildman–Crippen MR) is 116 cm³/mol. The Morgan fingerprint density at radius 1 is 1.14 bits per heavy atom. The molecular weight excluding hydrogens is 408 g/mol. The first-order valence-electron chi connectivity index (χ1n) is 9.80. The van der Waals surface area contributed by atoms with E-state index >= 15 is 0 Å². The van der Waals surface area contributed by atoms with Crippen molar-refractivity contribution < 1.29 is 19.5 Å². The minimum atomic E-state index is -1.39. The molecule has 1 aromatic rings. The summed E-state index contributed by atoms with van der Waals surface area (Å²) in [5, 5.41) is 11.2. The maximum Gasteiger partial charge on any atom is 0.267 e. The van der Waals surface area contributed by atoms with Gasteiger partial charge in [0.05, 0.1) is 28.2 Å². The first-order chi connectivity index (χ1) is 13.9. The molecule has 0 bridgehead atoms. The number of unbranched alkanes of at least 4 members (excludes halogenated alkanes) is 4. The molecule has 1 saturated heterocycles. The van der Waals surface area contributed by atoms with E-state index in [1.807, 2.05) is 24.3 Å². The van der Waals surface area contributed by atoms with Crippen molar-refractivity contribution >= 4 is 57.3 Å². The highest BCUT2D eigenvalue weighted by Crippen LogP contribution is 2.45. The monoisotopic (exact) mass is 431 g/mol. The normalized spacial score (nSPS) is 19.9. The standard InChI is InChI=1S/C21H24N2O4S2/c1-3-4-5-6-9-12-22-15-11-8-7-10-14(15)16(18(22)24)17-19(25)23(21(28)29-17)13(2)20(26)27/h7-8,10-11,13H,3-6,9,12H2,1-2H3,(H,26,27)/p-1. The second-order valence-corrected chi connectivity index (χ2v) is 8.77. The fraction of sp³-hybridized carbons (Fsp3) is 0.429. The van der Waals surface area contributed by atoms with Crippen molar-refractivity contribution in [2.75, 3.05) is 11.4 Å². The number of benzene rings is 1. The van der Waals surface area contributed by atoms with Crippen molar-refractivity contribution in [3.05, 3.63) is 34.7 Å². The van der Waals surface area contributed by atoms with Crippen LogP contribution in [-0.4, -0.2) is 39.6 Å². The van der Waals surface area contributed by atoms with Crippen LogP contribution in [0.1, 0.15) is 51.5 Å². The van der Waals surface area contributed by atoms with Gasteiger partial charge in [-0.15, -0.1) is 0 Å². The fourth-order valence-electron chi connectivity index (χ4n) is 3.56. The number of aliphatic carboxylic acids is 1. The number of carboxylic acids is 1. The molecule has 0 saturated carbocycles. The molecule has 0 aromatic heterocycles. The summed E-state index contributed by atoms with van der Waals surface area (Å²) in [5.41, 5.74) is 1.77. The number of amides is 2. The van der Waals surface area contributed by atoms with Crippen LogP contribution in [0.2, 0.25) is 0 Å². The van der Waals surface area contributed by atoms with Crippen LogP contribution in [-0.2, 0) is 14.4 Å². The van der Waals surface area contributed by atoms with Gasteiger partial charge in [0.15, 0.2) is 0 Å². The molecule has 1 fully saturated rings. The average molecular weight is 432 g/mol. The van der Waals surface area contributed by atoms with Crippen molar-refractivity contribution in [1.82, 2.24) is 4.90 Å². The molecule has 0 radical (unpaired) electrons. The maximum absolute atomic E-state index is 13.2. The van der Waals surface area contributed by atoms with Crippen molar-refractivity contribution in [2.24, 2.45) is 0 Å². The molecule has 1 atom stereocenters. The molecule has 1 unspecified atom stereocenters. The van der Waals surface area contributed by atoms with E-state index in [0.29, 0.717) is 17.7 Å². The molecule has 2 aliphatic rings. The first kappa shape index (κ1) is 21.5. The van der Waals surface area contributed by atoms with Gasteiger partial charge in [0, 0.05) is 12.1 Å². The summed E-state index contributed by atoms with van der Waals surface area (Å²) in [5.74, 6) is -2.18. The van der Waals surface area contributed by atoms with Gasteiger partial charge < -0.3 is 14.8 Å². The van der Waals surface area contributed by atoms with E-state index in [1.54, 1.807) is 4.90 Å². The van der Waals surface area contributed by atoms with E-state index in [0.717, 1.165) is 48.0 Å². The van der Waals surface area contributed by atoms with Gasteiger partial charge in [0.25, 0.3) is 11.8 Å². The summed E-state index contributed by atoms with van der Waals surface area (Å²) in [6.07, 6.45) is 5.39. The molecule has 8 heteroatoms. The number of thiocarbonyl (C=S) groups is 1. The minimum absolute atomic E-state index is 0.123. The van der Waals surface area contributed by atoms with Gasteiger partial charge >= 0.3 is 0 Å². The highest BCUT2D eigenvalue weighted by molar-refractivity contribution is 8.26. The summed E-state index contributed by atoms with van der Waals surface area (Å²) < 4.78 is 0.123. The van der Waals surface area contributed by atoms with Gasteiger partial charge in [-0.05, 0) is 19.4 Å². The lowest BCUT2D eigenvalue weighted by Crippen LogP contribution is -2.48. The second kappa shape index (κ2) is 9.09. The third-order valence-corrected chi connectivity index (χ3v) is 6.56. The first-order valence-corrected chi connectivity index (χ1v) is 11.0. The van der Waals surface area contributed by atoms with E-state index in [4.69, 9.17) is 12.2 Å². The SMILES string of the molecule is CCCCCCCN1C(=O)C(=C2SC(=S)N(C(C)C(=O)[O-])C2=O)c2ccccc21. The van der Waals surface area contributed by atoms with Gasteiger partial charge in [0.2, 0.25) is 0 Å². The minimum Gasteiger partial charge on any atom is -0.548 e. The Balaban J connectivity index is 1.92. The number of fused-ring (bicyclic) bond motifs is 1. The highest BCUT2D eigenvalue weighted by atomic mass is 32.2. The Labute approximate surface area is 179 Å². The average Bonchev–Trinajstić information content (AvgIpc) is 3.13. The topological polar surface area (TPSA) is 80.8 Å². The number of anilines is 1. The number of carboxylic acid groups (broad SMARTS) is 1. The van der Waals surface area contributed by atoms with Gasteiger partial charge in [-0.1, -0.05) is 74.8 Å². The summed E-state index contributed by atoms with van der Waals surface area (Å²) in [6.45, 7) is 4.09. The number of rotatable bonds is 8. The molecule has 0 aliphatic carbocycles. The van der Waals surface area contributed by atoms with Crippen molar-refractivity contribution in [3.8, 4) is 0 Å². The third-order valence-electron chi connectivity index (χ3n) is 5.16. The molecule has 29 heavy (non-hydrogen) atoms. The molecular formula is C21H23N2O4S2-. The maximum atomic E-state index is 13.2. The quantitative estimate of drug-likeness (QED) is 0.358. The third kappa shape index (κ3) is 4.09. The Bertz CT molecular complexity index is 896. The molecule has 1 aromatic carbocycles. The lowest BCUT2D eigenvalue weighted by atomic mass is 10.1. The van der Waals surface area contributed by atoms with Crippen LogP contribution in [0.15, 0.2) is 29.2 Å². The Morgan fingerprint density at radius 3 is 2.52 bits per heavy atom. The Kier molecular flexibility index (Phi) is 6.74. The van der Waals surface area contributed by atoms with Gasteiger partial charge in [0.1, 0.15) is 4.32 Å².